The average Bonchev–Trinajstić information content (AvgIpc) is 2.63. The van der Waals surface area contributed by atoms with Gasteiger partial charge in [0, 0.05) is 0 Å². The van der Waals surface area contributed by atoms with E-state index >= 15 is 0 Å². The van der Waals surface area contributed by atoms with Crippen molar-refractivity contribution < 1.29 is 29.4 Å². The van der Waals surface area contributed by atoms with E-state index in [1.807, 2.05) is 0 Å². The summed E-state index contributed by atoms with van der Waals surface area (Å²) in [5.41, 5.74) is 6.65. The molecule has 10 heteroatoms. The summed E-state index contributed by atoms with van der Waals surface area (Å²) in [6.45, 7) is 2.48. The highest BCUT2D eigenvalue weighted by atomic mass is 16.4. The normalized spacial score (nSPS) is 12.7. The molecule has 0 radical (unpaired) electrons. The number of benzene rings is 1. The van der Waals surface area contributed by atoms with Crippen molar-refractivity contribution >= 4 is 23.7 Å². The SMILES string of the molecule is CC(C)C(NC(=O)C(N)Cc1ccc(O)cc1)C(=O)NCC(=O)NCC(=O)O. The first-order valence-electron chi connectivity index (χ1n) is 8.70. The fourth-order valence-electron chi connectivity index (χ4n) is 2.29. The largest absolute Gasteiger partial charge is 0.508 e. The molecule has 0 fully saturated rings. The molecular weight excluding hydrogens is 368 g/mol. The van der Waals surface area contributed by atoms with Crippen molar-refractivity contribution in [3.63, 3.8) is 0 Å². The fraction of sp³-hybridized carbons (Fsp3) is 0.444. The number of hydrogen-bond donors (Lipinski definition) is 6. The number of carbonyl (C=O) groups is 4. The minimum Gasteiger partial charge on any atom is -0.508 e. The van der Waals surface area contributed by atoms with Gasteiger partial charge in [-0.2, -0.15) is 0 Å². The van der Waals surface area contributed by atoms with Gasteiger partial charge >= 0.3 is 5.97 Å². The highest BCUT2D eigenvalue weighted by molar-refractivity contribution is 5.92. The third kappa shape index (κ3) is 8.04. The molecule has 154 valence electrons. The topological polar surface area (TPSA) is 171 Å². The van der Waals surface area contributed by atoms with E-state index in [2.05, 4.69) is 16.0 Å². The van der Waals surface area contributed by atoms with Gasteiger partial charge in [-0.3, -0.25) is 19.2 Å². The van der Waals surface area contributed by atoms with Gasteiger partial charge in [-0.1, -0.05) is 26.0 Å². The van der Waals surface area contributed by atoms with Gasteiger partial charge < -0.3 is 31.9 Å². The number of nitrogens with two attached hydrogens (primary N) is 1. The Morgan fingerprint density at radius 2 is 1.61 bits per heavy atom. The maximum Gasteiger partial charge on any atom is 0.322 e. The van der Waals surface area contributed by atoms with Crippen LogP contribution in [0, 0.1) is 5.92 Å². The summed E-state index contributed by atoms with van der Waals surface area (Å²) in [7, 11) is 0. The molecule has 0 saturated carbocycles. The second-order valence-corrected chi connectivity index (χ2v) is 6.60. The zero-order chi connectivity index (χ0) is 21.3. The summed E-state index contributed by atoms with van der Waals surface area (Å²) in [5.74, 6) is -3.14. The summed E-state index contributed by atoms with van der Waals surface area (Å²) in [4.78, 5) is 46.5. The quantitative estimate of drug-likeness (QED) is 0.287. The average molecular weight is 394 g/mol. The number of aliphatic carboxylic acids is 1. The molecule has 3 amide bonds. The summed E-state index contributed by atoms with van der Waals surface area (Å²) in [6, 6.07) is 4.44. The van der Waals surface area contributed by atoms with Crippen LogP contribution in [0.5, 0.6) is 5.75 Å². The molecule has 1 rings (SSSR count). The molecule has 0 aliphatic heterocycles. The molecule has 1 aromatic rings. The first-order valence-corrected chi connectivity index (χ1v) is 8.70. The van der Waals surface area contributed by atoms with E-state index in [4.69, 9.17) is 10.8 Å². The number of nitrogens with one attached hydrogen (secondary N) is 3. The standard InChI is InChI=1S/C18H26N4O6/c1-10(2)16(18(28)21-8-14(24)20-9-15(25)26)22-17(27)13(19)7-11-3-5-12(23)6-4-11/h3-6,10,13,16,23H,7-9,19H2,1-2H3,(H,20,24)(H,21,28)(H,22,27)(H,25,26). The van der Waals surface area contributed by atoms with E-state index in [9.17, 15) is 24.3 Å². The van der Waals surface area contributed by atoms with Gasteiger partial charge in [-0.25, -0.2) is 0 Å². The molecule has 10 nitrogen and oxygen atoms in total. The monoisotopic (exact) mass is 394 g/mol. The first-order chi connectivity index (χ1) is 13.1. The van der Waals surface area contributed by atoms with Crippen molar-refractivity contribution in [3.8, 4) is 5.75 Å². The molecule has 0 spiro atoms. The van der Waals surface area contributed by atoms with E-state index in [-0.39, 0.29) is 18.1 Å². The van der Waals surface area contributed by atoms with Gasteiger partial charge in [0.1, 0.15) is 18.3 Å². The summed E-state index contributed by atoms with van der Waals surface area (Å²) in [6.07, 6.45) is 0.218. The zero-order valence-corrected chi connectivity index (χ0v) is 15.8. The minimum atomic E-state index is -1.20. The van der Waals surface area contributed by atoms with Crippen molar-refractivity contribution in [2.24, 2.45) is 11.7 Å². The predicted molar refractivity (Wildman–Crippen MR) is 100 cm³/mol. The Labute approximate surface area is 162 Å². The number of carboxylic acid groups (broad SMARTS) is 1. The molecule has 1 aromatic carbocycles. The lowest BCUT2D eigenvalue weighted by Gasteiger charge is -2.23. The molecule has 0 aliphatic carbocycles. The Morgan fingerprint density at radius 3 is 2.14 bits per heavy atom. The summed E-state index contributed by atoms with van der Waals surface area (Å²) in [5, 5.41) is 24.8. The number of amides is 3. The number of aromatic hydroxyl groups is 1. The van der Waals surface area contributed by atoms with Crippen LogP contribution in [0.4, 0.5) is 0 Å². The number of carbonyl (C=O) groups excluding carboxylic acids is 3. The zero-order valence-electron chi connectivity index (χ0n) is 15.8. The Hall–Kier alpha value is -3.14. The Balaban J connectivity index is 2.58. The summed E-state index contributed by atoms with van der Waals surface area (Å²) < 4.78 is 0. The van der Waals surface area contributed by atoms with Crippen LogP contribution in [0.1, 0.15) is 19.4 Å². The van der Waals surface area contributed by atoms with Crippen molar-refractivity contribution in [2.75, 3.05) is 13.1 Å². The van der Waals surface area contributed by atoms with Gasteiger partial charge in [-0.15, -0.1) is 0 Å². The third-order valence-corrected chi connectivity index (χ3v) is 3.84. The number of rotatable bonds is 10. The molecular formula is C18H26N4O6. The smallest absolute Gasteiger partial charge is 0.322 e. The van der Waals surface area contributed by atoms with Crippen LogP contribution in [0.2, 0.25) is 0 Å². The van der Waals surface area contributed by atoms with Crippen LogP contribution >= 0.6 is 0 Å². The van der Waals surface area contributed by atoms with Gasteiger partial charge in [0.25, 0.3) is 0 Å². The molecule has 0 heterocycles. The molecule has 28 heavy (non-hydrogen) atoms. The van der Waals surface area contributed by atoms with Gasteiger partial charge in [0.05, 0.1) is 12.6 Å². The second-order valence-electron chi connectivity index (χ2n) is 6.60. The van der Waals surface area contributed by atoms with Crippen LogP contribution < -0.4 is 21.7 Å². The van der Waals surface area contributed by atoms with Crippen LogP contribution in [0.25, 0.3) is 0 Å². The predicted octanol–water partition coefficient (Wildman–Crippen LogP) is -1.28. The minimum absolute atomic E-state index is 0.103. The second kappa shape index (κ2) is 10.9. The van der Waals surface area contributed by atoms with Crippen LogP contribution in [0.3, 0.4) is 0 Å². The molecule has 0 bridgehead atoms. The van der Waals surface area contributed by atoms with Crippen LogP contribution in [-0.4, -0.2) is 59.1 Å². The number of phenolic OH excluding ortho intramolecular Hbond substituents is 1. The van der Waals surface area contributed by atoms with Crippen molar-refractivity contribution in [2.45, 2.75) is 32.4 Å². The van der Waals surface area contributed by atoms with Gasteiger partial charge in [0.2, 0.25) is 17.7 Å². The lowest BCUT2D eigenvalue weighted by Crippen LogP contribution is -2.55. The maximum absolute atomic E-state index is 12.3. The van der Waals surface area contributed by atoms with E-state index < -0.39 is 48.9 Å². The summed E-state index contributed by atoms with van der Waals surface area (Å²) >= 11 is 0. The molecule has 0 aromatic heterocycles. The lowest BCUT2D eigenvalue weighted by molar-refractivity contribution is -0.138. The van der Waals surface area contributed by atoms with Crippen molar-refractivity contribution in [3.05, 3.63) is 29.8 Å². The van der Waals surface area contributed by atoms with Gasteiger partial charge in [0.15, 0.2) is 0 Å². The number of hydrogen-bond acceptors (Lipinski definition) is 6. The Morgan fingerprint density at radius 1 is 1.00 bits per heavy atom. The van der Waals surface area contributed by atoms with Crippen molar-refractivity contribution in [1.82, 2.24) is 16.0 Å². The number of phenols is 1. The number of carboxylic acids is 1. The first kappa shape index (κ1) is 22.9. The van der Waals surface area contributed by atoms with E-state index in [1.54, 1.807) is 26.0 Å². The molecule has 2 atom stereocenters. The van der Waals surface area contributed by atoms with Crippen LogP contribution in [-0.2, 0) is 25.6 Å². The van der Waals surface area contributed by atoms with E-state index in [0.717, 1.165) is 5.56 Å². The molecule has 0 saturated heterocycles. The van der Waals surface area contributed by atoms with Crippen molar-refractivity contribution in [1.29, 1.82) is 0 Å². The third-order valence-electron chi connectivity index (χ3n) is 3.84. The highest BCUT2D eigenvalue weighted by Crippen LogP contribution is 2.11. The van der Waals surface area contributed by atoms with Crippen LogP contribution in [0.15, 0.2) is 24.3 Å². The Kier molecular flexibility index (Phi) is 8.89. The van der Waals surface area contributed by atoms with Gasteiger partial charge in [-0.05, 0) is 30.0 Å². The van der Waals surface area contributed by atoms with E-state index in [0.29, 0.717) is 0 Å². The molecule has 2 unspecified atom stereocenters. The highest BCUT2D eigenvalue weighted by Gasteiger charge is 2.26. The maximum atomic E-state index is 12.3. The lowest BCUT2D eigenvalue weighted by atomic mass is 10.0. The molecule has 0 aliphatic rings. The molecule has 7 N–H and O–H groups in total. The Bertz CT molecular complexity index is 705. The van der Waals surface area contributed by atoms with E-state index in [1.165, 1.54) is 12.1 Å². The fourth-order valence-corrected chi connectivity index (χ4v) is 2.29.